The molecule has 1 aromatic heterocycles. The van der Waals surface area contributed by atoms with Gasteiger partial charge in [0.25, 0.3) is 5.91 Å². The number of aryl methyl sites for hydroxylation is 1. The number of carbonyl (C=O) groups is 1. The second-order valence-corrected chi connectivity index (χ2v) is 4.37. The summed E-state index contributed by atoms with van der Waals surface area (Å²) >= 11 is 6.03. The Hall–Kier alpha value is -1.35. The third kappa shape index (κ3) is 3.86. The van der Waals surface area contributed by atoms with E-state index >= 15 is 0 Å². The largest absolute Gasteiger partial charge is 0.342 e. The average molecular weight is 253 g/mol. The molecule has 0 unspecified atom stereocenters. The minimum absolute atomic E-state index is 0.0911. The molecule has 0 N–H and O–H groups in total. The van der Waals surface area contributed by atoms with E-state index in [-0.39, 0.29) is 5.91 Å². The summed E-state index contributed by atoms with van der Waals surface area (Å²) in [5.74, 6) is -0.0911. The van der Waals surface area contributed by atoms with Crippen molar-refractivity contribution in [1.82, 2.24) is 9.88 Å². The van der Waals surface area contributed by atoms with Crippen LogP contribution in [0.25, 0.3) is 0 Å². The number of nitrogens with zero attached hydrogens (tertiary/aromatic N) is 2. The molecule has 0 spiro atoms. The molecule has 0 aliphatic heterocycles. The first kappa shape index (κ1) is 13.7. The zero-order chi connectivity index (χ0) is 12.8. The van der Waals surface area contributed by atoms with E-state index in [1.54, 1.807) is 18.0 Å². The summed E-state index contributed by atoms with van der Waals surface area (Å²) in [6.07, 6.45) is 5.18. The molecule has 0 saturated heterocycles. The van der Waals surface area contributed by atoms with Gasteiger partial charge in [-0.2, -0.15) is 0 Å². The Morgan fingerprint density at radius 1 is 1.65 bits per heavy atom. The molecule has 17 heavy (non-hydrogen) atoms. The number of rotatable bonds is 5. The first-order valence-electron chi connectivity index (χ1n) is 5.54. The first-order chi connectivity index (χ1) is 8.06. The fourth-order valence-corrected chi connectivity index (χ4v) is 1.75. The predicted octanol–water partition coefficient (Wildman–Crippen LogP) is 3.08. The van der Waals surface area contributed by atoms with Crippen molar-refractivity contribution in [3.05, 3.63) is 41.2 Å². The molecule has 1 amide bonds. The van der Waals surface area contributed by atoms with Crippen LogP contribution in [0.2, 0.25) is 5.02 Å². The quantitative estimate of drug-likeness (QED) is 0.596. The second kappa shape index (κ2) is 6.40. The fraction of sp³-hybridized carbons (Fsp3) is 0.385. The number of unbranched alkanes of at least 4 members (excludes halogenated alkanes) is 1. The van der Waals surface area contributed by atoms with Crippen molar-refractivity contribution in [2.75, 3.05) is 13.6 Å². The lowest BCUT2D eigenvalue weighted by Gasteiger charge is -2.17. The van der Waals surface area contributed by atoms with E-state index < -0.39 is 0 Å². The molecule has 92 valence electrons. The lowest BCUT2D eigenvalue weighted by atomic mass is 10.2. The van der Waals surface area contributed by atoms with E-state index in [1.807, 2.05) is 13.0 Å². The van der Waals surface area contributed by atoms with E-state index in [0.29, 0.717) is 17.1 Å². The highest BCUT2D eigenvalue weighted by atomic mass is 35.5. The molecule has 0 aliphatic rings. The summed E-state index contributed by atoms with van der Waals surface area (Å²) in [6.45, 7) is 6.18. The van der Waals surface area contributed by atoms with Gasteiger partial charge >= 0.3 is 0 Å². The van der Waals surface area contributed by atoms with E-state index in [0.717, 1.165) is 18.5 Å². The lowest BCUT2D eigenvalue weighted by molar-refractivity contribution is 0.0793. The topological polar surface area (TPSA) is 33.2 Å². The van der Waals surface area contributed by atoms with Crippen molar-refractivity contribution in [2.24, 2.45) is 0 Å². The summed E-state index contributed by atoms with van der Waals surface area (Å²) in [5.41, 5.74) is 1.26. The van der Waals surface area contributed by atoms with Gasteiger partial charge in [0.2, 0.25) is 0 Å². The minimum Gasteiger partial charge on any atom is -0.342 e. The highest BCUT2D eigenvalue weighted by Gasteiger charge is 2.15. The molecule has 0 radical (unpaired) electrons. The maximum absolute atomic E-state index is 12.0. The van der Waals surface area contributed by atoms with E-state index in [1.165, 1.54) is 6.20 Å². The van der Waals surface area contributed by atoms with Crippen molar-refractivity contribution < 1.29 is 4.79 Å². The van der Waals surface area contributed by atoms with Crippen LogP contribution in [0.15, 0.2) is 24.9 Å². The molecule has 4 heteroatoms. The summed E-state index contributed by atoms with van der Waals surface area (Å²) in [4.78, 5) is 17.8. The Labute approximate surface area is 107 Å². The summed E-state index contributed by atoms with van der Waals surface area (Å²) < 4.78 is 0. The van der Waals surface area contributed by atoms with E-state index in [4.69, 9.17) is 11.6 Å². The number of allylic oxidation sites excluding steroid dienone is 1. The Morgan fingerprint density at radius 3 is 2.94 bits per heavy atom. The number of hydrogen-bond acceptors (Lipinski definition) is 2. The zero-order valence-corrected chi connectivity index (χ0v) is 11.0. The van der Waals surface area contributed by atoms with Crippen LogP contribution in [0, 0.1) is 6.92 Å². The van der Waals surface area contributed by atoms with Crippen molar-refractivity contribution in [3.8, 4) is 0 Å². The summed E-state index contributed by atoms with van der Waals surface area (Å²) in [6, 6.07) is 1.70. The number of aromatic nitrogens is 1. The fourth-order valence-electron chi connectivity index (χ4n) is 1.46. The summed E-state index contributed by atoms with van der Waals surface area (Å²) in [5, 5.41) is 0.457. The average Bonchev–Trinajstić information content (AvgIpc) is 2.28. The Kier molecular flexibility index (Phi) is 5.16. The van der Waals surface area contributed by atoms with E-state index in [2.05, 4.69) is 11.6 Å². The summed E-state index contributed by atoms with van der Waals surface area (Å²) in [7, 11) is 1.77. The molecule has 0 atom stereocenters. The molecular weight excluding hydrogens is 236 g/mol. The molecule has 0 fully saturated rings. The molecule has 1 rings (SSSR count). The van der Waals surface area contributed by atoms with Crippen LogP contribution in [0.3, 0.4) is 0 Å². The molecule has 1 aromatic rings. The normalized spacial score (nSPS) is 10.1. The number of pyridine rings is 1. The van der Waals surface area contributed by atoms with Crippen LogP contribution >= 0.6 is 11.6 Å². The van der Waals surface area contributed by atoms with Crippen LogP contribution in [0.1, 0.15) is 28.9 Å². The van der Waals surface area contributed by atoms with Gasteiger partial charge in [-0.05, 0) is 25.8 Å². The lowest BCUT2D eigenvalue weighted by Crippen LogP contribution is -2.28. The first-order valence-corrected chi connectivity index (χ1v) is 5.92. The smallest absolute Gasteiger partial charge is 0.256 e. The van der Waals surface area contributed by atoms with Crippen molar-refractivity contribution >= 4 is 17.5 Å². The Bertz CT molecular complexity index is 418. The molecule has 3 nitrogen and oxygen atoms in total. The van der Waals surface area contributed by atoms with Crippen LogP contribution < -0.4 is 0 Å². The van der Waals surface area contributed by atoms with Crippen molar-refractivity contribution in [3.63, 3.8) is 0 Å². The van der Waals surface area contributed by atoms with Crippen molar-refractivity contribution in [1.29, 1.82) is 0 Å². The monoisotopic (exact) mass is 252 g/mol. The maximum Gasteiger partial charge on any atom is 0.256 e. The van der Waals surface area contributed by atoms with Gasteiger partial charge < -0.3 is 4.90 Å². The minimum atomic E-state index is -0.0911. The molecule has 0 aromatic carbocycles. The van der Waals surface area contributed by atoms with Crippen LogP contribution in [0.5, 0.6) is 0 Å². The standard InChI is InChI=1S/C13H17ClN2O/c1-4-5-6-7-16(3)13(17)11-9-15-10(2)8-12(11)14/h4,8-9H,1,5-7H2,2-3H3. The van der Waals surface area contributed by atoms with Gasteiger partial charge in [-0.1, -0.05) is 17.7 Å². The van der Waals surface area contributed by atoms with Gasteiger partial charge in [0, 0.05) is 25.5 Å². The predicted molar refractivity (Wildman–Crippen MR) is 70.4 cm³/mol. The number of amides is 1. The van der Waals surface area contributed by atoms with Gasteiger partial charge in [-0.25, -0.2) is 0 Å². The van der Waals surface area contributed by atoms with Gasteiger partial charge in [0.15, 0.2) is 0 Å². The van der Waals surface area contributed by atoms with Crippen LogP contribution in [-0.2, 0) is 0 Å². The van der Waals surface area contributed by atoms with Gasteiger partial charge in [-0.15, -0.1) is 6.58 Å². The zero-order valence-electron chi connectivity index (χ0n) is 10.2. The van der Waals surface area contributed by atoms with Crippen molar-refractivity contribution in [2.45, 2.75) is 19.8 Å². The Morgan fingerprint density at radius 2 is 2.35 bits per heavy atom. The number of hydrogen-bond donors (Lipinski definition) is 0. The highest BCUT2D eigenvalue weighted by Crippen LogP contribution is 2.17. The highest BCUT2D eigenvalue weighted by molar-refractivity contribution is 6.33. The molecule has 1 heterocycles. The third-order valence-corrected chi connectivity index (χ3v) is 2.78. The molecule has 0 aliphatic carbocycles. The van der Waals surface area contributed by atoms with Crippen LogP contribution in [0.4, 0.5) is 0 Å². The number of halogens is 1. The van der Waals surface area contributed by atoms with Gasteiger partial charge in [0.05, 0.1) is 10.6 Å². The van der Waals surface area contributed by atoms with Crippen LogP contribution in [-0.4, -0.2) is 29.4 Å². The second-order valence-electron chi connectivity index (χ2n) is 3.96. The molecule has 0 bridgehead atoms. The Balaban J connectivity index is 2.71. The van der Waals surface area contributed by atoms with Gasteiger partial charge in [-0.3, -0.25) is 9.78 Å². The van der Waals surface area contributed by atoms with E-state index in [9.17, 15) is 4.79 Å². The maximum atomic E-state index is 12.0. The molecular formula is C13H17ClN2O. The molecule has 0 saturated carbocycles. The third-order valence-electron chi connectivity index (χ3n) is 2.47. The van der Waals surface area contributed by atoms with Gasteiger partial charge in [0.1, 0.15) is 0 Å². The SMILES string of the molecule is C=CCCCN(C)C(=O)c1cnc(C)cc1Cl. The number of carbonyl (C=O) groups excluding carboxylic acids is 1.